The normalized spacial score (nSPS) is 10.3. The van der Waals surface area contributed by atoms with E-state index in [1.54, 1.807) is 6.07 Å². The molecule has 0 unspecified atom stereocenters. The van der Waals surface area contributed by atoms with Gasteiger partial charge in [-0.25, -0.2) is 0 Å². The zero-order valence-corrected chi connectivity index (χ0v) is 10.2. The Labute approximate surface area is 105 Å². The summed E-state index contributed by atoms with van der Waals surface area (Å²) in [5.74, 6) is 0.160. The number of fused-ring (bicyclic) bond motifs is 1. The second-order valence-electron chi connectivity index (χ2n) is 4.15. The molecule has 92 valence electrons. The van der Waals surface area contributed by atoms with Crippen molar-refractivity contribution < 1.29 is 14.3 Å². The van der Waals surface area contributed by atoms with E-state index in [2.05, 4.69) is 0 Å². The smallest absolute Gasteiger partial charge is 0.311 e. The Morgan fingerprint density at radius 2 is 1.72 bits per heavy atom. The fourth-order valence-corrected chi connectivity index (χ4v) is 1.74. The summed E-state index contributed by atoms with van der Waals surface area (Å²) in [4.78, 5) is 22.4. The van der Waals surface area contributed by atoms with Gasteiger partial charge in [-0.05, 0) is 18.4 Å². The van der Waals surface area contributed by atoms with Gasteiger partial charge in [0.25, 0.3) is 0 Å². The Morgan fingerprint density at radius 1 is 1.00 bits per heavy atom. The monoisotopic (exact) mass is 242 g/mol. The van der Waals surface area contributed by atoms with Crippen LogP contribution in [0.4, 0.5) is 0 Å². The van der Waals surface area contributed by atoms with Crippen LogP contribution >= 0.6 is 0 Å². The molecule has 0 fully saturated rings. The van der Waals surface area contributed by atoms with E-state index in [9.17, 15) is 9.59 Å². The minimum Gasteiger partial charge on any atom is -0.426 e. The lowest BCUT2D eigenvalue weighted by atomic mass is 10.1. The highest BCUT2D eigenvalue weighted by Crippen LogP contribution is 2.25. The second kappa shape index (κ2) is 5.45. The van der Waals surface area contributed by atoms with E-state index in [1.807, 2.05) is 36.4 Å². The highest BCUT2D eigenvalue weighted by molar-refractivity contribution is 5.90. The van der Waals surface area contributed by atoms with Gasteiger partial charge in [0.2, 0.25) is 0 Å². The summed E-state index contributed by atoms with van der Waals surface area (Å²) in [5.41, 5.74) is 0. The van der Waals surface area contributed by atoms with Crippen molar-refractivity contribution in [1.82, 2.24) is 0 Å². The first kappa shape index (κ1) is 12.3. The van der Waals surface area contributed by atoms with Crippen molar-refractivity contribution in [3.8, 4) is 5.75 Å². The van der Waals surface area contributed by atoms with Crippen molar-refractivity contribution in [2.45, 2.75) is 19.8 Å². The van der Waals surface area contributed by atoms with Crippen LogP contribution in [0.1, 0.15) is 19.8 Å². The molecule has 2 rings (SSSR count). The van der Waals surface area contributed by atoms with E-state index < -0.39 is 0 Å². The zero-order chi connectivity index (χ0) is 13.0. The first-order valence-electron chi connectivity index (χ1n) is 5.84. The summed E-state index contributed by atoms with van der Waals surface area (Å²) in [6.07, 6.45) is 0.349. The van der Waals surface area contributed by atoms with E-state index in [4.69, 9.17) is 4.74 Å². The molecule has 18 heavy (non-hydrogen) atoms. The average molecular weight is 242 g/mol. The highest BCUT2D eigenvalue weighted by Gasteiger charge is 2.08. The summed E-state index contributed by atoms with van der Waals surface area (Å²) in [5, 5.41) is 1.92. The van der Waals surface area contributed by atoms with Crippen LogP contribution in [-0.2, 0) is 9.59 Å². The van der Waals surface area contributed by atoms with Crippen LogP contribution < -0.4 is 4.74 Å². The second-order valence-corrected chi connectivity index (χ2v) is 4.15. The lowest BCUT2D eigenvalue weighted by molar-refractivity contribution is -0.135. The molecule has 0 N–H and O–H groups in total. The van der Waals surface area contributed by atoms with Crippen LogP contribution in [-0.4, -0.2) is 11.8 Å². The van der Waals surface area contributed by atoms with Crippen molar-refractivity contribution in [2.75, 3.05) is 0 Å². The third-order valence-corrected chi connectivity index (χ3v) is 2.65. The Hall–Kier alpha value is -2.16. The number of carbonyl (C=O) groups excluding carboxylic acids is 2. The van der Waals surface area contributed by atoms with Crippen molar-refractivity contribution in [3.63, 3.8) is 0 Å². The summed E-state index contributed by atoms with van der Waals surface area (Å²) in [6, 6.07) is 13.3. The number of carbonyl (C=O) groups is 2. The van der Waals surface area contributed by atoms with Crippen molar-refractivity contribution in [1.29, 1.82) is 0 Å². The molecule has 0 bridgehead atoms. The number of hydrogen-bond donors (Lipinski definition) is 0. The van der Waals surface area contributed by atoms with Crippen molar-refractivity contribution >= 4 is 22.5 Å². The number of ether oxygens (including phenoxy) is 1. The SMILES string of the molecule is CC(=O)CCC(=O)Oc1cccc2ccccc12. The Bertz CT molecular complexity index is 582. The molecule has 0 aliphatic rings. The van der Waals surface area contributed by atoms with Crippen LogP contribution in [0.25, 0.3) is 10.8 Å². The third-order valence-electron chi connectivity index (χ3n) is 2.65. The molecule has 0 atom stereocenters. The van der Waals surface area contributed by atoms with Gasteiger partial charge in [0.1, 0.15) is 11.5 Å². The minimum atomic E-state index is -0.374. The molecule has 0 heterocycles. The molecule has 2 aromatic rings. The van der Waals surface area contributed by atoms with Gasteiger partial charge < -0.3 is 9.53 Å². The van der Waals surface area contributed by atoms with Crippen LogP contribution in [0.5, 0.6) is 5.75 Å². The van der Waals surface area contributed by atoms with E-state index in [1.165, 1.54) is 6.92 Å². The van der Waals surface area contributed by atoms with Crippen LogP contribution in [0, 0.1) is 0 Å². The van der Waals surface area contributed by atoms with Crippen LogP contribution in [0.2, 0.25) is 0 Å². The van der Waals surface area contributed by atoms with Gasteiger partial charge in [0.05, 0.1) is 6.42 Å². The molecule has 0 aliphatic heterocycles. The fourth-order valence-electron chi connectivity index (χ4n) is 1.74. The molecule has 0 aromatic heterocycles. The maximum atomic E-state index is 11.6. The summed E-state index contributed by atoms with van der Waals surface area (Å²) in [6.45, 7) is 1.46. The number of Topliss-reactive ketones (excluding diaryl/α,β-unsaturated/α-hetero) is 1. The number of esters is 1. The molecule has 0 spiro atoms. The van der Waals surface area contributed by atoms with Gasteiger partial charge in [-0.2, -0.15) is 0 Å². The zero-order valence-electron chi connectivity index (χ0n) is 10.2. The molecule has 0 amide bonds. The Morgan fingerprint density at radius 3 is 2.50 bits per heavy atom. The van der Waals surface area contributed by atoms with Crippen LogP contribution in [0.3, 0.4) is 0 Å². The van der Waals surface area contributed by atoms with Gasteiger partial charge in [0.15, 0.2) is 0 Å². The summed E-state index contributed by atoms with van der Waals surface area (Å²) < 4.78 is 5.29. The Balaban J connectivity index is 2.16. The molecule has 0 radical (unpaired) electrons. The lowest BCUT2D eigenvalue weighted by Crippen LogP contribution is -2.09. The number of rotatable bonds is 4. The van der Waals surface area contributed by atoms with Crippen molar-refractivity contribution in [2.24, 2.45) is 0 Å². The molecule has 3 heteroatoms. The van der Waals surface area contributed by atoms with Gasteiger partial charge in [0, 0.05) is 11.8 Å². The van der Waals surface area contributed by atoms with E-state index in [0.717, 1.165) is 10.8 Å². The number of hydrogen-bond acceptors (Lipinski definition) is 3. The van der Waals surface area contributed by atoms with Gasteiger partial charge in [-0.15, -0.1) is 0 Å². The molecule has 0 saturated heterocycles. The summed E-state index contributed by atoms with van der Waals surface area (Å²) >= 11 is 0. The summed E-state index contributed by atoms with van der Waals surface area (Å²) in [7, 11) is 0. The maximum absolute atomic E-state index is 11.6. The largest absolute Gasteiger partial charge is 0.426 e. The maximum Gasteiger partial charge on any atom is 0.311 e. The predicted octanol–water partition coefficient (Wildman–Crippen LogP) is 3.11. The van der Waals surface area contributed by atoms with Crippen LogP contribution in [0.15, 0.2) is 42.5 Å². The van der Waals surface area contributed by atoms with E-state index in [0.29, 0.717) is 5.75 Å². The third kappa shape index (κ3) is 2.94. The predicted molar refractivity (Wildman–Crippen MR) is 69.5 cm³/mol. The lowest BCUT2D eigenvalue weighted by Gasteiger charge is -2.07. The van der Waals surface area contributed by atoms with E-state index >= 15 is 0 Å². The number of ketones is 1. The van der Waals surface area contributed by atoms with Crippen molar-refractivity contribution in [3.05, 3.63) is 42.5 Å². The highest BCUT2D eigenvalue weighted by atomic mass is 16.5. The first-order valence-corrected chi connectivity index (χ1v) is 5.84. The minimum absolute atomic E-state index is 0.00938. The number of benzene rings is 2. The van der Waals surface area contributed by atoms with E-state index in [-0.39, 0.29) is 24.6 Å². The quantitative estimate of drug-likeness (QED) is 0.611. The molecular weight excluding hydrogens is 228 g/mol. The molecule has 0 aliphatic carbocycles. The fraction of sp³-hybridized carbons (Fsp3) is 0.200. The average Bonchev–Trinajstić information content (AvgIpc) is 2.37. The first-order chi connectivity index (χ1) is 8.66. The van der Waals surface area contributed by atoms with Gasteiger partial charge >= 0.3 is 5.97 Å². The molecule has 2 aromatic carbocycles. The standard InChI is InChI=1S/C15H14O3/c1-11(16)9-10-15(17)18-14-8-4-6-12-5-2-3-7-13(12)14/h2-8H,9-10H2,1H3. The van der Waals surface area contributed by atoms with Gasteiger partial charge in [-0.3, -0.25) is 4.79 Å². The Kier molecular flexibility index (Phi) is 3.72. The molecule has 0 saturated carbocycles. The van der Waals surface area contributed by atoms with Gasteiger partial charge in [-0.1, -0.05) is 36.4 Å². The molecular formula is C15H14O3. The topological polar surface area (TPSA) is 43.4 Å². The molecule has 3 nitrogen and oxygen atoms in total.